The van der Waals surface area contributed by atoms with Crippen LogP contribution >= 0.6 is 11.3 Å². The summed E-state index contributed by atoms with van der Waals surface area (Å²) in [7, 11) is 2.92. The van der Waals surface area contributed by atoms with Crippen LogP contribution in [0.2, 0.25) is 0 Å². The number of rotatable bonds is 4. The summed E-state index contributed by atoms with van der Waals surface area (Å²) in [5, 5.41) is 0. The van der Waals surface area contributed by atoms with Crippen molar-refractivity contribution in [3.05, 3.63) is 96.2 Å². The molecule has 35 heavy (non-hydrogen) atoms. The number of hydrogen-bond donors (Lipinski definition) is 0. The van der Waals surface area contributed by atoms with Gasteiger partial charge in [0.15, 0.2) is 4.80 Å². The summed E-state index contributed by atoms with van der Waals surface area (Å²) in [5.41, 5.74) is 3.24. The Bertz CT molecular complexity index is 1560. The molecule has 2 aliphatic heterocycles. The van der Waals surface area contributed by atoms with E-state index >= 15 is 0 Å². The maximum atomic E-state index is 13.7. The monoisotopic (exact) mass is 488 g/mol. The highest BCUT2D eigenvalue weighted by molar-refractivity contribution is 7.07. The van der Waals surface area contributed by atoms with Crippen LogP contribution in [-0.4, -0.2) is 30.9 Å². The first kappa shape index (κ1) is 22.9. The van der Waals surface area contributed by atoms with Crippen molar-refractivity contribution in [3.8, 4) is 11.5 Å². The Balaban J connectivity index is 1.69. The lowest BCUT2D eigenvalue weighted by Gasteiger charge is -2.24. The summed E-state index contributed by atoms with van der Waals surface area (Å²) in [5.74, 6) is 0.978. The second kappa shape index (κ2) is 9.03. The molecule has 3 aromatic rings. The summed E-state index contributed by atoms with van der Waals surface area (Å²) in [6, 6.07) is 14.4. The van der Waals surface area contributed by atoms with Crippen molar-refractivity contribution in [2.24, 2.45) is 4.99 Å². The normalized spacial score (nSPS) is 19.2. The number of methoxy groups -OCH3 is 2. The second-order valence-corrected chi connectivity index (χ2v) is 9.30. The van der Waals surface area contributed by atoms with Crippen LogP contribution in [0.25, 0.3) is 12.2 Å². The van der Waals surface area contributed by atoms with Gasteiger partial charge in [0.05, 0.1) is 36.1 Å². The predicted molar refractivity (Wildman–Crippen MR) is 134 cm³/mol. The smallest absolute Gasteiger partial charge is 0.338 e. The molecule has 178 valence electrons. The van der Waals surface area contributed by atoms with Gasteiger partial charge < -0.3 is 14.2 Å². The zero-order valence-electron chi connectivity index (χ0n) is 19.8. The van der Waals surface area contributed by atoms with Gasteiger partial charge in [-0.1, -0.05) is 41.7 Å². The molecule has 0 unspecified atom stereocenters. The largest absolute Gasteiger partial charge is 0.497 e. The molecule has 0 saturated heterocycles. The highest BCUT2D eigenvalue weighted by Gasteiger charge is 2.33. The molecule has 5 rings (SSSR count). The minimum Gasteiger partial charge on any atom is -0.497 e. The van der Waals surface area contributed by atoms with Crippen LogP contribution in [-0.2, 0) is 9.53 Å². The maximum Gasteiger partial charge on any atom is 0.338 e. The van der Waals surface area contributed by atoms with Crippen molar-refractivity contribution >= 4 is 29.5 Å². The lowest BCUT2D eigenvalue weighted by atomic mass is 9.96. The van der Waals surface area contributed by atoms with Gasteiger partial charge in [-0.15, -0.1) is 0 Å². The summed E-state index contributed by atoms with van der Waals surface area (Å²) in [6.07, 6.45) is 3.67. The van der Waals surface area contributed by atoms with Crippen LogP contribution in [0, 0.1) is 0 Å². The van der Waals surface area contributed by atoms with Crippen molar-refractivity contribution in [2.45, 2.75) is 26.0 Å². The van der Waals surface area contributed by atoms with E-state index in [1.165, 1.54) is 18.4 Å². The zero-order chi connectivity index (χ0) is 24.7. The van der Waals surface area contributed by atoms with E-state index in [0.29, 0.717) is 26.4 Å². The molecular weight excluding hydrogens is 464 g/mol. The second-order valence-electron chi connectivity index (χ2n) is 8.29. The Morgan fingerprint density at radius 1 is 1.14 bits per heavy atom. The van der Waals surface area contributed by atoms with Crippen LogP contribution in [0.3, 0.4) is 0 Å². The van der Waals surface area contributed by atoms with E-state index in [0.717, 1.165) is 22.4 Å². The molecule has 2 atom stereocenters. The number of para-hydroxylation sites is 1. The average Bonchev–Trinajstić information content (AvgIpc) is 3.17. The minimum absolute atomic E-state index is 0.215. The molecule has 8 heteroatoms. The fourth-order valence-electron chi connectivity index (χ4n) is 4.37. The van der Waals surface area contributed by atoms with Crippen molar-refractivity contribution in [3.63, 3.8) is 0 Å². The number of hydrogen-bond acceptors (Lipinski definition) is 7. The van der Waals surface area contributed by atoms with Gasteiger partial charge in [-0.05, 0) is 55.3 Å². The van der Waals surface area contributed by atoms with Crippen molar-refractivity contribution in [1.82, 2.24) is 4.57 Å². The number of allylic oxidation sites excluding steroid dienone is 1. The molecule has 0 aliphatic carbocycles. The first-order valence-electron chi connectivity index (χ1n) is 11.1. The Labute approximate surface area is 205 Å². The third kappa shape index (κ3) is 4.00. The SMILES string of the molecule is COC(=O)C1=C(C)N=c2s/c(=C/C3=Cc4ccccc4O[C@@H]3C)c(=O)n2[C@H]1c1ccc(OC)cc1. The van der Waals surface area contributed by atoms with Gasteiger partial charge in [-0.3, -0.25) is 9.36 Å². The highest BCUT2D eigenvalue weighted by atomic mass is 32.1. The number of ether oxygens (including phenoxy) is 3. The van der Waals surface area contributed by atoms with Crippen LogP contribution in [0.4, 0.5) is 0 Å². The van der Waals surface area contributed by atoms with E-state index in [1.54, 1.807) is 30.7 Å². The van der Waals surface area contributed by atoms with Gasteiger partial charge in [0.25, 0.3) is 5.56 Å². The number of benzene rings is 2. The molecule has 0 saturated carbocycles. The van der Waals surface area contributed by atoms with Crippen molar-refractivity contribution in [2.75, 3.05) is 14.2 Å². The topological polar surface area (TPSA) is 79.1 Å². The minimum atomic E-state index is -0.665. The van der Waals surface area contributed by atoms with E-state index in [9.17, 15) is 9.59 Å². The molecular formula is C27H24N2O5S. The maximum absolute atomic E-state index is 13.7. The Kier molecular flexibility index (Phi) is 5.90. The standard InChI is InChI=1S/C27H24N2O5S/c1-15-23(26(31)33-4)24(17-9-11-20(32-3)12-10-17)29-25(30)22(35-27(29)28-15)14-19-13-18-7-5-6-8-21(18)34-16(19)2/h5-14,16,24H,1-4H3/b22-14+/t16-,24+/m1/s1. The molecule has 2 aliphatic rings. The Morgan fingerprint density at radius 3 is 2.60 bits per heavy atom. The molecule has 7 nitrogen and oxygen atoms in total. The number of esters is 1. The van der Waals surface area contributed by atoms with E-state index < -0.39 is 12.0 Å². The van der Waals surface area contributed by atoms with Gasteiger partial charge in [-0.25, -0.2) is 9.79 Å². The Hall–Kier alpha value is -3.91. The van der Waals surface area contributed by atoms with Crippen LogP contribution < -0.4 is 24.4 Å². The average molecular weight is 489 g/mol. The lowest BCUT2D eigenvalue weighted by Crippen LogP contribution is -2.40. The predicted octanol–water partition coefficient (Wildman–Crippen LogP) is 3.23. The summed E-state index contributed by atoms with van der Waals surface area (Å²) >= 11 is 1.29. The van der Waals surface area contributed by atoms with E-state index in [2.05, 4.69) is 4.99 Å². The molecule has 0 bridgehead atoms. The van der Waals surface area contributed by atoms with Crippen LogP contribution in [0.15, 0.2) is 75.2 Å². The molecule has 0 amide bonds. The number of fused-ring (bicyclic) bond motifs is 2. The van der Waals surface area contributed by atoms with Crippen LogP contribution in [0.1, 0.15) is 31.0 Å². The lowest BCUT2D eigenvalue weighted by molar-refractivity contribution is -0.136. The van der Waals surface area contributed by atoms with Gasteiger partial charge >= 0.3 is 5.97 Å². The number of aromatic nitrogens is 1. The number of carbonyl (C=O) groups excluding carboxylic acids is 1. The fraction of sp³-hybridized carbons (Fsp3) is 0.222. The molecule has 0 fully saturated rings. The number of nitrogens with zero attached hydrogens (tertiary/aromatic N) is 2. The van der Waals surface area contributed by atoms with Gasteiger partial charge in [0, 0.05) is 5.56 Å². The van der Waals surface area contributed by atoms with Gasteiger partial charge in [0.1, 0.15) is 17.6 Å². The highest BCUT2D eigenvalue weighted by Crippen LogP contribution is 2.32. The fourth-order valence-corrected chi connectivity index (χ4v) is 5.41. The Morgan fingerprint density at radius 2 is 1.89 bits per heavy atom. The van der Waals surface area contributed by atoms with Crippen molar-refractivity contribution < 1.29 is 19.0 Å². The molecule has 2 aromatic carbocycles. The van der Waals surface area contributed by atoms with E-state index in [4.69, 9.17) is 14.2 Å². The van der Waals surface area contributed by atoms with E-state index in [1.807, 2.05) is 55.5 Å². The molecule has 3 heterocycles. The van der Waals surface area contributed by atoms with E-state index in [-0.39, 0.29) is 11.7 Å². The summed E-state index contributed by atoms with van der Waals surface area (Å²) in [6.45, 7) is 3.71. The number of carbonyl (C=O) groups is 1. The zero-order valence-corrected chi connectivity index (χ0v) is 20.6. The molecule has 1 aromatic heterocycles. The van der Waals surface area contributed by atoms with Crippen molar-refractivity contribution in [1.29, 1.82) is 0 Å². The summed E-state index contributed by atoms with van der Waals surface area (Å²) < 4.78 is 18.5. The van der Waals surface area contributed by atoms with Crippen LogP contribution in [0.5, 0.6) is 11.5 Å². The van der Waals surface area contributed by atoms with Gasteiger partial charge in [0.2, 0.25) is 0 Å². The number of thiazole rings is 1. The van der Waals surface area contributed by atoms with Gasteiger partial charge in [-0.2, -0.15) is 0 Å². The molecule has 0 radical (unpaired) electrons. The third-order valence-electron chi connectivity index (χ3n) is 6.17. The molecule has 0 N–H and O–H groups in total. The first-order chi connectivity index (χ1) is 16.9. The summed E-state index contributed by atoms with van der Waals surface area (Å²) in [4.78, 5) is 31.6. The molecule has 0 spiro atoms. The quantitative estimate of drug-likeness (QED) is 0.527. The first-order valence-corrected chi connectivity index (χ1v) is 11.9. The third-order valence-corrected chi connectivity index (χ3v) is 7.15.